The number of hydrogen-bond acceptors (Lipinski definition) is 4. The second-order valence-corrected chi connectivity index (χ2v) is 10.6. The lowest BCUT2D eigenvalue weighted by atomic mass is 9.79. The third-order valence-corrected chi connectivity index (χ3v) is 7.45. The molecule has 0 saturated carbocycles. The zero-order valence-electron chi connectivity index (χ0n) is 17.9. The average molecular weight is 484 g/mol. The van der Waals surface area contributed by atoms with Crippen molar-refractivity contribution >= 4 is 56.2 Å². The number of aryl methyl sites for hydroxylation is 1. The number of nitrogens with zero attached hydrogens (tertiary/aromatic N) is 2. The third-order valence-electron chi connectivity index (χ3n) is 6.02. The predicted molar refractivity (Wildman–Crippen MR) is 132 cm³/mol. The number of carbonyl (C=O) groups excluding carboxylic acids is 1. The molecule has 1 saturated heterocycles. The molecule has 2 aliphatic rings. The summed E-state index contributed by atoms with van der Waals surface area (Å²) < 4.78 is 1.00. The van der Waals surface area contributed by atoms with Crippen LogP contribution < -0.4 is 10.2 Å². The highest BCUT2D eigenvalue weighted by Gasteiger charge is 2.34. The number of rotatable bonds is 2. The van der Waals surface area contributed by atoms with Crippen LogP contribution in [0.2, 0.25) is 0 Å². The van der Waals surface area contributed by atoms with E-state index in [9.17, 15) is 4.79 Å². The van der Waals surface area contributed by atoms with E-state index in [1.54, 1.807) is 0 Å². The number of thioether (sulfide) groups is 1. The summed E-state index contributed by atoms with van der Waals surface area (Å²) in [5, 5.41) is 3.49. The van der Waals surface area contributed by atoms with Crippen LogP contribution in [0, 0.1) is 6.92 Å². The molecule has 0 aliphatic carbocycles. The lowest BCUT2D eigenvalue weighted by molar-refractivity contribution is -0.115. The summed E-state index contributed by atoms with van der Waals surface area (Å²) >= 11 is 4.81. The van der Waals surface area contributed by atoms with Crippen molar-refractivity contribution in [3.8, 4) is 0 Å². The number of amidine groups is 1. The summed E-state index contributed by atoms with van der Waals surface area (Å²) in [5.74, 6) is 0.378. The van der Waals surface area contributed by atoms with E-state index in [4.69, 9.17) is 0 Å². The van der Waals surface area contributed by atoms with Crippen LogP contribution in [-0.4, -0.2) is 23.7 Å². The zero-order valence-corrected chi connectivity index (χ0v) is 20.3. The van der Waals surface area contributed by atoms with Crippen molar-refractivity contribution in [2.24, 2.45) is 4.99 Å². The number of anilines is 1. The number of hydrogen-bond donors (Lipinski definition) is 1. The number of carbonyl (C=O) groups is 1. The Bertz CT molecular complexity index is 1070. The maximum Gasteiger partial charge on any atom is 0.264 e. The normalized spacial score (nSPS) is 23.1. The van der Waals surface area contributed by atoms with Crippen LogP contribution in [-0.2, 0) is 4.79 Å². The molecule has 2 heterocycles. The minimum absolute atomic E-state index is 0.0979. The van der Waals surface area contributed by atoms with Gasteiger partial charge in [-0.1, -0.05) is 22.9 Å². The molecular formula is C24H26BrN3OS. The first-order valence-corrected chi connectivity index (χ1v) is 11.7. The van der Waals surface area contributed by atoms with E-state index in [1.165, 1.54) is 28.6 Å². The number of fused-ring (bicyclic) bond motifs is 1. The Hall–Kier alpha value is -2.05. The van der Waals surface area contributed by atoms with Gasteiger partial charge in [0.05, 0.1) is 10.6 Å². The van der Waals surface area contributed by atoms with Gasteiger partial charge in [-0.25, -0.2) is 4.99 Å². The molecular weight excluding hydrogens is 458 g/mol. The van der Waals surface area contributed by atoms with Crippen molar-refractivity contribution < 1.29 is 4.79 Å². The van der Waals surface area contributed by atoms with Crippen molar-refractivity contribution in [3.63, 3.8) is 0 Å². The van der Waals surface area contributed by atoms with Crippen LogP contribution in [0.25, 0.3) is 6.08 Å². The highest BCUT2D eigenvalue weighted by Crippen LogP contribution is 2.44. The molecule has 30 heavy (non-hydrogen) atoms. The fraction of sp³-hybridized carbons (Fsp3) is 0.333. The molecule has 0 bridgehead atoms. The molecule has 0 spiro atoms. The Morgan fingerprint density at radius 3 is 2.67 bits per heavy atom. The van der Waals surface area contributed by atoms with E-state index in [-0.39, 0.29) is 11.4 Å². The van der Waals surface area contributed by atoms with E-state index < -0.39 is 0 Å². The van der Waals surface area contributed by atoms with E-state index in [0.717, 1.165) is 22.1 Å². The van der Waals surface area contributed by atoms with E-state index in [2.05, 4.69) is 78.0 Å². The summed E-state index contributed by atoms with van der Waals surface area (Å²) in [5.41, 5.74) is 5.85. The highest BCUT2D eigenvalue weighted by atomic mass is 79.9. The standard InChI is InChI=1S/C24H26BrN3OS/c1-14-10-20-19(15(2)13-24(3,4)28(20)5)11-16(14)12-21-22(29)27-23(30-21)26-18-8-6-17(25)7-9-18/h6-12,15H,13H2,1-5H3,(H,26,27,29)/b21-12-. The molecule has 2 aromatic rings. The van der Waals surface area contributed by atoms with Crippen LogP contribution in [0.5, 0.6) is 0 Å². The van der Waals surface area contributed by atoms with Crippen molar-refractivity contribution in [2.75, 3.05) is 11.9 Å². The molecule has 1 atom stereocenters. The van der Waals surface area contributed by atoms with Gasteiger partial charge >= 0.3 is 0 Å². The molecule has 2 aromatic carbocycles. The first kappa shape index (κ1) is 21.2. The minimum Gasteiger partial charge on any atom is -0.369 e. The van der Waals surface area contributed by atoms with Gasteiger partial charge in [0.25, 0.3) is 5.91 Å². The molecule has 2 aliphatic heterocycles. The predicted octanol–water partition coefficient (Wildman–Crippen LogP) is 6.37. The van der Waals surface area contributed by atoms with Gasteiger partial charge in [-0.2, -0.15) is 0 Å². The number of amides is 1. The quantitative estimate of drug-likeness (QED) is 0.504. The average Bonchev–Trinajstić information content (AvgIpc) is 3.01. The van der Waals surface area contributed by atoms with E-state index in [0.29, 0.717) is 16.0 Å². The molecule has 1 N–H and O–H groups in total. The molecule has 4 rings (SSSR count). The maximum atomic E-state index is 12.5. The lowest BCUT2D eigenvalue weighted by Crippen LogP contribution is -2.45. The largest absolute Gasteiger partial charge is 0.369 e. The smallest absolute Gasteiger partial charge is 0.264 e. The van der Waals surface area contributed by atoms with Gasteiger partial charge in [0, 0.05) is 22.7 Å². The van der Waals surface area contributed by atoms with Crippen molar-refractivity contribution in [3.05, 3.63) is 62.5 Å². The highest BCUT2D eigenvalue weighted by molar-refractivity contribution is 9.10. The molecule has 0 radical (unpaired) electrons. The monoisotopic (exact) mass is 483 g/mol. The van der Waals surface area contributed by atoms with Gasteiger partial charge in [-0.15, -0.1) is 0 Å². The van der Waals surface area contributed by atoms with Crippen molar-refractivity contribution in [2.45, 2.75) is 45.6 Å². The molecule has 6 heteroatoms. The molecule has 4 nitrogen and oxygen atoms in total. The molecule has 156 valence electrons. The summed E-state index contributed by atoms with van der Waals surface area (Å²) in [6.45, 7) is 8.99. The Morgan fingerprint density at radius 1 is 1.27 bits per heavy atom. The minimum atomic E-state index is -0.0979. The summed E-state index contributed by atoms with van der Waals surface area (Å²) in [7, 11) is 2.17. The maximum absolute atomic E-state index is 12.5. The lowest BCUT2D eigenvalue weighted by Gasteiger charge is -2.45. The molecule has 1 amide bonds. The van der Waals surface area contributed by atoms with Gasteiger partial charge < -0.3 is 10.2 Å². The van der Waals surface area contributed by atoms with Crippen LogP contribution in [0.15, 0.2) is 50.8 Å². The van der Waals surface area contributed by atoms with Crippen LogP contribution in [0.4, 0.5) is 11.4 Å². The van der Waals surface area contributed by atoms with Crippen molar-refractivity contribution in [1.82, 2.24) is 5.32 Å². The SMILES string of the molecule is Cc1cc2c(cc1/C=C1\SC(=Nc3ccc(Br)cc3)NC1=O)C(C)CC(C)(C)N2C. The second kappa shape index (κ2) is 7.89. The molecule has 0 aromatic heterocycles. The zero-order chi connectivity index (χ0) is 21.6. The topological polar surface area (TPSA) is 44.7 Å². The second-order valence-electron chi connectivity index (χ2n) is 8.70. The summed E-state index contributed by atoms with van der Waals surface area (Å²) in [4.78, 5) is 20.1. The molecule has 1 fully saturated rings. The van der Waals surface area contributed by atoms with Crippen LogP contribution >= 0.6 is 27.7 Å². The number of benzene rings is 2. The number of nitrogens with one attached hydrogen (secondary N) is 1. The van der Waals surface area contributed by atoms with E-state index in [1.807, 2.05) is 30.3 Å². The van der Waals surface area contributed by atoms with Gasteiger partial charge in [0.15, 0.2) is 5.17 Å². The summed E-state index contributed by atoms with van der Waals surface area (Å²) in [6.07, 6.45) is 3.10. The van der Waals surface area contributed by atoms with Crippen LogP contribution in [0.3, 0.4) is 0 Å². The third kappa shape index (κ3) is 4.08. The molecule has 1 unspecified atom stereocenters. The first-order valence-electron chi connectivity index (χ1n) is 10.1. The summed E-state index contributed by atoms with van der Waals surface area (Å²) in [6, 6.07) is 12.2. The van der Waals surface area contributed by atoms with Crippen molar-refractivity contribution in [1.29, 1.82) is 0 Å². The Labute approximate surface area is 191 Å². The van der Waals surface area contributed by atoms with Gasteiger partial charge in [0.2, 0.25) is 0 Å². The fourth-order valence-corrected chi connectivity index (χ4v) is 5.24. The first-order chi connectivity index (χ1) is 14.1. The van der Waals surface area contributed by atoms with E-state index >= 15 is 0 Å². The number of halogens is 1. The van der Waals surface area contributed by atoms with Gasteiger partial charge in [-0.05, 0) is 104 Å². The Kier molecular flexibility index (Phi) is 5.58. The Balaban J connectivity index is 1.64. The van der Waals surface area contributed by atoms with Gasteiger partial charge in [-0.3, -0.25) is 4.79 Å². The van der Waals surface area contributed by atoms with Gasteiger partial charge in [0.1, 0.15) is 0 Å². The fourth-order valence-electron chi connectivity index (χ4n) is 4.14. The number of aliphatic imine (C=N–C) groups is 1. The van der Waals surface area contributed by atoms with Crippen LogP contribution in [0.1, 0.15) is 49.8 Å². The Morgan fingerprint density at radius 2 is 1.97 bits per heavy atom.